The summed E-state index contributed by atoms with van der Waals surface area (Å²) >= 11 is 6.98. The smallest absolute Gasteiger partial charge is 0.271 e. The van der Waals surface area contributed by atoms with Crippen LogP contribution in [0.1, 0.15) is 21.5 Å². The summed E-state index contributed by atoms with van der Waals surface area (Å²) in [6.07, 6.45) is 5.38. The first-order valence-corrected chi connectivity index (χ1v) is 9.41. The van der Waals surface area contributed by atoms with E-state index in [-0.39, 0.29) is 5.78 Å². The number of nitrogens with zero attached hydrogens (tertiary/aromatic N) is 2. The van der Waals surface area contributed by atoms with E-state index in [1.165, 1.54) is 11.3 Å². The van der Waals surface area contributed by atoms with Crippen molar-refractivity contribution in [2.75, 3.05) is 19.0 Å². The van der Waals surface area contributed by atoms with Crippen molar-refractivity contribution in [3.63, 3.8) is 0 Å². The summed E-state index contributed by atoms with van der Waals surface area (Å²) in [6.45, 7) is 0.441. The van der Waals surface area contributed by atoms with Gasteiger partial charge in [0.1, 0.15) is 5.76 Å². The number of thiophene rings is 1. The van der Waals surface area contributed by atoms with Crippen LogP contribution in [0.2, 0.25) is 0 Å². The average Bonchev–Trinajstić information content (AvgIpc) is 3.34. The Kier molecular flexibility index (Phi) is 5.80. The molecule has 0 saturated heterocycles. The Balaban J connectivity index is 1.85. The molecule has 0 unspecified atom stereocenters. The molecule has 26 heavy (non-hydrogen) atoms. The molecule has 5 nitrogen and oxygen atoms in total. The van der Waals surface area contributed by atoms with Gasteiger partial charge in [0, 0.05) is 31.9 Å². The van der Waals surface area contributed by atoms with Gasteiger partial charge in [-0.2, -0.15) is 4.57 Å². The number of hydrogen-bond donors (Lipinski definition) is 1. The molecule has 0 saturated carbocycles. The first-order valence-electron chi connectivity index (χ1n) is 8.12. The number of furan rings is 1. The molecule has 1 atom stereocenters. The van der Waals surface area contributed by atoms with E-state index in [9.17, 15) is 4.79 Å². The zero-order chi connectivity index (χ0) is 18.5. The minimum atomic E-state index is -0.602. The minimum absolute atomic E-state index is 0.0282. The van der Waals surface area contributed by atoms with E-state index in [1.54, 1.807) is 6.26 Å². The molecule has 0 bridgehead atoms. The molecule has 0 aliphatic carbocycles. The van der Waals surface area contributed by atoms with Gasteiger partial charge >= 0.3 is 0 Å². The maximum absolute atomic E-state index is 13.1. The van der Waals surface area contributed by atoms with Crippen LogP contribution in [0.25, 0.3) is 0 Å². The van der Waals surface area contributed by atoms with Crippen LogP contribution >= 0.6 is 23.6 Å². The number of hydrogen-bond acceptors (Lipinski definition) is 5. The highest BCUT2D eigenvalue weighted by Crippen LogP contribution is 2.17. The number of carbonyl (C=O) groups is 1. The van der Waals surface area contributed by atoms with E-state index in [2.05, 4.69) is 5.32 Å². The number of thiocarbonyl (C=S) groups is 1. The second-order valence-electron chi connectivity index (χ2n) is 5.94. The van der Waals surface area contributed by atoms with Gasteiger partial charge in [0.05, 0.1) is 17.7 Å². The van der Waals surface area contributed by atoms with Crippen LogP contribution in [0.4, 0.5) is 5.69 Å². The third-order valence-corrected chi connectivity index (χ3v) is 5.18. The van der Waals surface area contributed by atoms with E-state index in [1.807, 2.05) is 77.7 Å². The van der Waals surface area contributed by atoms with Crippen molar-refractivity contribution in [1.29, 1.82) is 0 Å². The third-order valence-electron chi connectivity index (χ3n) is 3.93. The highest BCUT2D eigenvalue weighted by atomic mass is 32.1. The lowest BCUT2D eigenvalue weighted by molar-refractivity contribution is -0.692. The number of rotatable bonds is 7. The fourth-order valence-electron chi connectivity index (χ4n) is 2.53. The molecular weight excluding hydrogens is 366 g/mol. The molecule has 0 radical (unpaired) electrons. The number of nitrogens with one attached hydrogen (secondary N) is 1. The van der Waals surface area contributed by atoms with E-state index in [0.29, 0.717) is 16.4 Å². The Bertz CT molecular complexity index is 857. The van der Waals surface area contributed by atoms with E-state index in [4.69, 9.17) is 16.6 Å². The number of pyridine rings is 1. The molecule has 0 aromatic carbocycles. The van der Waals surface area contributed by atoms with Crippen molar-refractivity contribution in [3.05, 3.63) is 71.1 Å². The molecule has 7 heteroatoms. The van der Waals surface area contributed by atoms with Crippen LogP contribution < -0.4 is 14.8 Å². The summed E-state index contributed by atoms with van der Waals surface area (Å²) in [6, 6.07) is 10.7. The fraction of sp³-hybridized carbons (Fsp3) is 0.211. The van der Waals surface area contributed by atoms with E-state index >= 15 is 0 Å². The lowest BCUT2D eigenvalue weighted by atomic mass is 10.1. The zero-order valence-electron chi connectivity index (χ0n) is 14.6. The van der Waals surface area contributed by atoms with Gasteiger partial charge in [-0.1, -0.05) is 18.3 Å². The lowest BCUT2D eigenvalue weighted by Crippen LogP contribution is -2.51. The summed E-state index contributed by atoms with van der Waals surface area (Å²) in [4.78, 5) is 16.2. The largest absolute Gasteiger partial charge is 0.467 e. The third kappa shape index (κ3) is 4.17. The van der Waals surface area contributed by atoms with Crippen LogP contribution in [-0.2, 0) is 6.54 Å². The molecule has 3 rings (SSSR count). The summed E-state index contributed by atoms with van der Waals surface area (Å²) in [5.74, 6) is 0.738. The van der Waals surface area contributed by atoms with Crippen molar-refractivity contribution >= 4 is 40.0 Å². The summed E-state index contributed by atoms with van der Waals surface area (Å²) in [5.41, 5.74) is 1.05. The number of aromatic nitrogens is 1. The Morgan fingerprint density at radius 2 is 2.04 bits per heavy atom. The maximum Gasteiger partial charge on any atom is 0.271 e. The summed E-state index contributed by atoms with van der Waals surface area (Å²) in [5, 5.41) is 5.05. The molecule has 0 spiro atoms. The topological polar surface area (TPSA) is 49.4 Å². The van der Waals surface area contributed by atoms with Gasteiger partial charge in [-0.05, 0) is 23.6 Å². The van der Waals surface area contributed by atoms with Crippen molar-refractivity contribution in [2.45, 2.75) is 12.6 Å². The quantitative estimate of drug-likeness (QED) is 0.384. The molecule has 0 fully saturated rings. The van der Waals surface area contributed by atoms with Gasteiger partial charge < -0.3 is 14.6 Å². The van der Waals surface area contributed by atoms with Crippen LogP contribution in [0.5, 0.6) is 0 Å². The van der Waals surface area contributed by atoms with Gasteiger partial charge in [-0.15, -0.1) is 11.3 Å². The van der Waals surface area contributed by atoms with Crippen molar-refractivity contribution in [2.24, 2.45) is 0 Å². The standard InChI is InChI=1S/C19H19N3O2S2/c1-21(2)14-7-9-22(10-8-14)17(18(23)16-6-4-12-26-16)19(25)20-13-15-5-3-11-24-15/h3-12,17H,13H2,1-2H3/p+1/t17-/m1/s1. The molecule has 0 aliphatic heterocycles. The number of carbonyl (C=O) groups excluding carboxylic acids is 1. The van der Waals surface area contributed by atoms with Crippen molar-refractivity contribution < 1.29 is 13.8 Å². The molecule has 134 valence electrons. The van der Waals surface area contributed by atoms with Gasteiger partial charge in [0.25, 0.3) is 6.04 Å². The predicted octanol–water partition coefficient (Wildman–Crippen LogP) is 3.24. The molecular formula is C19H20N3O2S2+. The van der Waals surface area contributed by atoms with Crippen LogP contribution in [0.3, 0.4) is 0 Å². The molecule has 3 aromatic heterocycles. The monoisotopic (exact) mass is 386 g/mol. The highest BCUT2D eigenvalue weighted by molar-refractivity contribution is 7.80. The Morgan fingerprint density at radius 1 is 1.27 bits per heavy atom. The SMILES string of the molecule is CN(C)c1cc[n+]([C@H](C(=O)c2cccs2)C(=S)NCc2ccco2)cc1. The minimum Gasteiger partial charge on any atom is -0.467 e. The number of ketones is 1. The second kappa shape index (κ2) is 8.25. The molecule has 3 aromatic rings. The first kappa shape index (κ1) is 18.3. The Labute approximate surface area is 161 Å². The van der Waals surface area contributed by atoms with E-state index in [0.717, 1.165) is 11.4 Å². The summed E-state index contributed by atoms with van der Waals surface area (Å²) < 4.78 is 7.17. The first-order chi connectivity index (χ1) is 12.6. The normalized spacial score (nSPS) is 11.8. The van der Waals surface area contributed by atoms with Crippen LogP contribution in [0, 0.1) is 0 Å². The van der Waals surface area contributed by atoms with Crippen LogP contribution in [0.15, 0.2) is 64.9 Å². The Hall–Kier alpha value is -2.51. The lowest BCUT2D eigenvalue weighted by Gasteiger charge is -2.15. The Morgan fingerprint density at radius 3 is 2.62 bits per heavy atom. The highest BCUT2D eigenvalue weighted by Gasteiger charge is 2.33. The van der Waals surface area contributed by atoms with E-state index < -0.39 is 6.04 Å². The average molecular weight is 387 g/mol. The molecule has 3 heterocycles. The van der Waals surface area contributed by atoms with Gasteiger partial charge in [-0.3, -0.25) is 4.79 Å². The van der Waals surface area contributed by atoms with Gasteiger partial charge in [0.2, 0.25) is 5.78 Å². The second-order valence-corrected chi connectivity index (χ2v) is 7.33. The van der Waals surface area contributed by atoms with Crippen molar-refractivity contribution in [3.8, 4) is 0 Å². The van der Waals surface area contributed by atoms with Gasteiger partial charge in [-0.25, -0.2) is 0 Å². The number of anilines is 1. The maximum atomic E-state index is 13.1. The molecule has 0 amide bonds. The summed E-state index contributed by atoms with van der Waals surface area (Å²) in [7, 11) is 3.95. The molecule has 0 aliphatic rings. The number of Topliss-reactive ketones (excluding diaryl/α,β-unsaturated/α-hetero) is 1. The molecule has 1 N–H and O–H groups in total. The zero-order valence-corrected chi connectivity index (χ0v) is 16.2. The van der Waals surface area contributed by atoms with Crippen molar-refractivity contribution in [1.82, 2.24) is 5.32 Å². The fourth-order valence-corrected chi connectivity index (χ4v) is 3.52. The van der Waals surface area contributed by atoms with Crippen LogP contribution in [-0.4, -0.2) is 24.9 Å². The van der Waals surface area contributed by atoms with Gasteiger partial charge in [0.15, 0.2) is 17.4 Å². The predicted molar refractivity (Wildman–Crippen MR) is 107 cm³/mol.